The lowest BCUT2D eigenvalue weighted by molar-refractivity contribution is -0.118. The number of carbonyl (C=O) groups is 1. The number of benzene rings is 1. The minimum absolute atomic E-state index is 0.340. The molecule has 2 aromatic rings. The quantitative estimate of drug-likeness (QED) is 0.741. The summed E-state index contributed by atoms with van der Waals surface area (Å²) in [5.41, 5.74) is 3.49. The van der Waals surface area contributed by atoms with E-state index in [2.05, 4.69) is 35.3 Å². The average molecular weight is 223 g/mol. The molecule has 1 aliphatic carbocycles. The monoisotopic (exact) mass is 223 g/mol. The Bertz CT molecular complexity index is 613. The second-order valence-electron chi connectivity index (χ2n) is 4.38. The summed E-state index contributed by atoms with van der Waals surface area (Å²) in [5.74, 6) is 0.340. The minimum Gasteiger partial charge on any atom is -0.299 e. The minimum atomic E-state index is 0.340. The van der Waals surface area contributed by atoms with E-state index in [1.165, 1.54) is 11.1 Å². The molecule has 1 heterocycles. The van der Waals surface area contributed by atoms with Gasteiger partial charge >= 0.3 is 0 Å². The third-order valence-electron chi connectivity index (χ3n) is 3.23. The number of allylic oxidation sites excluding steroid dienone is 2. The number of hydrogen-bond acceptors (Lipinski definition) is 2. The Morgan fingerprint density at radius 3 is 2.88 bits per heavy atom. The first kappa shape index (κ1) is 10.2. The molecule has 1 aromatic heterocycles. The zero-order valence-electron chi connectivity index (χ0n) is 9.52. The smallest absolute Gasteiger partial charge is 0.137 e. The maximum Gasteiger partial charge on any atom is 0.137 e. The predicted octanol–water partition coefficient (Wildman–Crippen LogP) is 3.37. The van der Waals surface area contributed by atoms with Gasteiger partial charge in [0, 0.05) is 24.4 Å². The number of ketones is 1. The lowest BCUT2D eigenvalue weighted by Crippen LogP contribution is -2.02. The number of carbonyl (C=O) groups excluding carboxylic acids is 1. The van der Waals surface area contributed by atoms with Crippen molar-refractivity contribution in [3.05, 3.63) is 48.2 Å². The fourth-order valence-corrected chi connectivity index (χ4v) is 2.24. The predicted molar refractivity (Wildman–Crippen MR) is 68.6 cm³/mol. The first-order valence-electron chi connectivity index (χ1n) is 5.89. The zero-order valence-corrected chi connectivity index (χ0v) is 9.52. The molecule has 0 bridgehead atoms. The van der Waals surface area contributed by atoms with Crippen LogP contribution < -0.4 is 0 Å². The van der Waals surface area contributed by atoms with E-state index >= 15 is 0 Å². The van der Waals surface area contributed by atoms with Crippen LogP contribution in [0.3, 0.4) is 0 Å². The third kappa shape index (κ3) is 1.98. The van der Waals surface area contributed by atoms with Crippen molar-refractivity contribution in [2.24, 2.45) is 0 Å². The number of fused-ring (bicyclic) bond motifs is 1. The molecule has 84 valence electrons. The second-order valence-corrected chi connectivity index (χ2v) is 4.38. The van der Waals surface area contributed by atoms with Crippen LogP contribution in [-0.4, -0.2) is 10.8 Å². The van der Waals surface area contributed by atoms with Crippen LogP contribution in [0, 0.1) is 0 Å². The topological polar surface area (TPSA) is 30.0 Å². The molecule has 0 atom stereocenters. The van der Waals surface area contributed by atoms with Crippen molar-refractivity contribution in [1.29, 1.82) is 0 Å². The van der Waals surface area contributed by atoms with Gasteiger partial charge in [-0.05, 0) is 29.7 Å². The van der Waals surface area contributed by atoms with Crippen LogP contribution >= 0.6 is 0 Å². The van der Waals surface area contributed by atoms with Crippen LogP contribution in [0.4, 0.5) is 0 Å². The average Bonchev–Trinajstić information content (AvgIpc) is 2.39. The van der Waals surface area contributed by atoms with Gasteiger partial charge in [-0.2, -0.15) is 0 Å². The van der Waals surface area contributed by atoms with Crippen molar-refractivity contribution in [2.45, 2.75) is 19.3 Å². The standard InChI is InChI=1S/C15H13NO/c17-14-7-5-11(6-8-14)13-4-3-12-2-1-9-16-15(12)10-13/h1-5,9-10H,6-8H2. The van der Waals surface area contributed by atoms with Crippen molar-refractivity contribution in [1.82, 2.24) is 4.98 Å². The zero-order chi connectivity index (χ0) is 11.7. The molecular formula is C15H13NO. The van der Waals surface area contributed by atoms with E-state index in [9.17, 15) is 4.79 Å². The molecule has 2 nitrogen and oxygen atoms in total. The summed E-state index contributed by atoms with van der Waals surface area (Å²) in [6.07, 6.45) is 5.97. The Balaban J connectivity index is 2.03. The molecule has 1 aliphatic rings. The molecule has 0 unspecified atom stereocenters. The second kappa shape index (κ2) is 4.13. The van der Waals surface area contributed by atoms with Crippen molar-refractivity contribution < 1.29 is 4.79 Å². The maximum atomic E-state index is 11.2. The molecule has 3 rings (SSSR count). The lowest BCUT2D eigenvalue weighted by Gasteiger charge is -2.12. The van der Waals surface area contributed by atoms with Gasteiger partial charge in [0.25, 0.3) is 0 Å². The normalized spacial score (nSPS) is 16.0. The van der Waals surface area contributed by atoms with E-state index in [1.807, 2.05) is 12.3 Å². The van der Waals surface area contributed by atoms with Crippen LogP contribution in [0.1, 0.15) is 24.8 Å². The summed E-state index contributed by atoms with van der Waals surface area (Å²) in [7, 11) is 0. The number of rotatable bonds is 1. The fourth-order valence-electron chi connectivity index (χ4n) is 2.24. The van der Waals surface area contributed by atoms with E-state index in [1.54, 1.807) is 0 Å². The van der Waals surface area contributed by atoms with Gasteiger partial charge < -0.3 is 0 Å². The highest BCUT2D eigenvalue weighted by Gasteiger charge is 2.11. The largest absolute Gasteiger partial charge is 0.299 e. The molecular weight excluding hydrogens is 210 g/mol. The summed E-state index contributed by atoms with van der Waals surface area (Å²) in [4.78, 5) is 15.6. The molecule has 2 heteroatoms. The molecule has 0 radical (unpaired) electrons. The Labute approximate surface area is 100.0 Å². The highest BCUT2D eigenvalue weighted by molar-refractivity contribution is 5.89. The Morgan fingerprint density at radius 2 is 2.06 bits per heavy atom. The van der Waals surface area contributed by atoms with Crippen LogP contribution in [0.25, 0.3) is 16.5 Å². The summed E-state index contributed by atoms with van der Waals surface area (Å²) in [6, 6.07) is 10.3. The van der Waals surface area contributed by atoms with E-state index in [-0.39, 0.29) is 0 Å². The number of nitrogens with zero attached hydrogens (tertiary/aromatic N) is 1. The van der Waals surface area contributed by atoms with Gasteiger partial charge in [-0.15, -0.1) is 0 Å². The summed E-state index contributed by atoms with van der Waals surface area (Å²) in [5, 5.41) is 1.16. The highest BCUT2D eigenvalue weighted by Crippen LogP contribution is 2.27. The molecule has 1 aromatic carbocycles. The van der Waals surface area contributed by atoms with Crippen molar-refractivity contribution >= 4 is 22.3 Å². The van der Waals surface area contributed by atoms with E-state index in [4.69, 9.17) is 0 Å². The lowest BCUT2D eigenvalue weighted by atomic mass is 9.92. The van der Waals surface area contributed by atoms with E-state index < -0.39 is 0 Å². The summed E-state index contributed by atoms with van der Waals surface area (Å²) >= 11 is 0. The van der Waals surface area contributed by atoms with Crippen molar-refractivity contribution in [3.63, 3.8) is 0 Å². The molecule has 0 fully saturated rings. The molecule has 0 spiro atoms. The van der Waals surface area contributed by atoms with Gasteiger partial charge in [0.2, 0.25) is 0 Å². The molecule has 0 saturated carbocycles. The van der Waals surface area contributed by atoms with Crippen LogP contribution in [0.2, 0.25) is 0 Å². The Kier molecular flexibility index (Phi) is 2.48. The van der Waals surface area contributed by atoms with Gasteiger partial charge in [-0.1, -0.05) is 24.3 Å². The van der Waals surface area contributed by atoms with Crippen LogP contribution in [0.15, 0.2) is 42.6 Å². The molecule has 17 heavy (non-hydrogen) atoms. The Hall–Kier alpha value is -1.96. The summed E-state index contributed by atoms with van der Waals surface area (Å²) < 4.78 is 0. The van der Waals surface area contributed by atoms with Gasteiger partial charge in [0.1, 0.15) is 5.78 Å². The number of aromatic nitrogens is 1. The fraction of sp³-hybridized carbons (Fsp3) is 0.200. The first-order chi connectivity index (χ1) is 8.33. The van der Waals surface area contributed by atoms with Crippen LogP contribution in [-0.2, 0) is 4.79 Å². The van der Waals surface area contributed by atoms with E-state index in [0.29, 0.717) is 18.6 Å². The van der Waals surface area contributed by atoms with Gasteiger partial charge in [0.05, 0.1) is 5.52 Å². The molecule has 0 aliphatic heterocycles. The van der Waals surface area contributed by atoms with Gasteiger partial charge in [-0.3, -0.25) is 9.78 Å². The van der Waals surface area contributed by atoms with Gasteiger partial charge in [0.15, 0.2) is 0 Å². The Morgan fingerprint density at radius 1 is 1.12 bits per heavy atom. The molecule has 0 N–H and O–H groups in total. The van der Waals surface area contributed by atoms with Crippen molar-refractivity contribution in [3.8, 4) is 0 Å². The third-order valence-corrected chi connectivity index (χ3v) is 3.23. The maximum absolute atomic E-state index is 11.2. The van der Waals surface area contributed by atoms with Crippen LogP contribution in [0.5, 0.6) is 0 Å². The highest BCUT2D eigenvalue weighted by atomic mass is 16.1. The SMILES string of the molecule is O=C1CC=C(c2ccc3cccnc3c2)CC1. The van der Waals surface area contributed by atoms with Gasteiger partial charge in [-0.25, -0.2) is 0 Å². The first-order valence-corrected chi connectivity index (χ1v) is 5.89. The molecule has 0 saturated heterocycles. The number of pyridine rings is 1. The van der Waals surface area contributed by atoms with Crippen molar-refractivity contribution in [2.75, 3.05) is 0 Å². The number of hydrogen-bond donors (Lipinski definition) is 0. The van der Waals surface area contributed by atoms with E-state index in [0.717, 1.165) is 17.3 Å². The summed E-state index contributed by atoms with van der Waals surface area (Å²) in [6.45, 7) is 0. The number of Topliss-reactive ketones (excluding diaryl/α,β-unsaturated/α-hetero) is 1. The molecule has 0 amide bonds.